The van der Waals surface area contributed by atoms with Crippen LogP contribution >= 0.6 is 11.6 Å². The molecule has 9 heteroatoms. The van der Waals surface area contributed by atoms with Gasteiger partial charge in [0.2, 0.25) is 10.0 Å². The third-order valence-corrected chi connectivity index (χ3v) is 8.51. The molecule has 29 heavy (non-hydrogen) atoms. The standard InChI is InChI=1S/C20H28ClFN4O2S/c21-17-14-16(6-7-18(17)22)29(27,28)26-12-8-20(9-13-26)19(23-10-3-11-24-20)25-15-4-1-2-5-15/h6-7,14-15,24H,1-5,8-13H2,(H,23,25). The second kappa shape index (κ2) is 8.49. The lowest BCUT2D eigenvalue weighted by Crippen LogP contribution is -2.63. The zero-order valence-electron chi connectivity index (χ0n) is 16.5. The summed E-state index contributed by atoms with van der Waals surface area (Å²) in [7, 11) is -3.71. The van der Waals surface area contributed by atoms with Gasteiger partial charge in [-0.05, 0) is 56.8 Å². The molecule has 0 atom stereocenters. The van der Waals surface area contributed by atoms with Crippen molar-refractivity contribution in [3.05, 3.63) is 29.0 Å². The smallest absolute Gasteiger partial charge is 0.243 e. The molecule has 3 aliphatic rings. The molecule has 0 bridgehead atoms. The average Bonchev–Trinajstić information content (AvgIpc) is 3.15. The summed E-state index contributed by atoms with van der Waals surface area (Å²) < 4.78 is 41.0. The number of aliphatic imine (C=N–C) groups is 1. The Bertz CT molecular complexity index is 878. The number of nitrogens with zero attached hydrogens (tertiary/aromatic N) is 2. The highest BCUT2D eigenvalue weighted by Gasteiger charge is 2.43. The predicted molar refractivity (Wildman–Crippen MR) is 112 cm³/mol. The molecule has 1 aromatic rings. The predicted octanol–water partition coefficient (Wildman–Crippen LogP) is 2.93. The highest BCUT2D eigenvalue weighted by atomic mass is 35.5. The van der Waals surface area contributed by atoms with Gasteiger partial charge < -0.3 is 10.6 Å². The molecule has 1 aromatic carbocycles. The largest absolute Gasteiger partial charge is 0.370 e. The molecule has 0 aromatic heterocycles. The van der Waals surface area contributed by atoms with Crippen molar-refractivity contribution in [2.24, 2.45) is 4.99 Å². The summed E-state index contributed by atoms with van der Waals surface area (Å²) in [6.07, 6.45) is 7.12. The fraction of sp³-hybridized carbons (Fsp3) is 0.650. The van der Waals surface area contributed by atoms with Crippen molar-refractivity contribution >= 4 is 27.5 Å². The van der Waals surface area contributed by atoms with Gasteiger partial charge in [0.1, 0.15) is 11.7 Å². The molecule has 2 heterocycles. The second-order valence-corrected chi connectivity index (χ2v) is 10.5. The molecule has 1 saturated carbocycles. The van der Waals surface area contributed by atoms with Gasteiger partial charge in [-0.1, -0.05) is 24.4 Å². The lowest BCUT2D eigenvalue weighted by Gasteiger charge is -2.43. The molecule has 4 rings (SSSR count). The highest BCUT2D eigenvalue weighted by molar-refractivity contribution is 7.89. The SMILES string of the molecule is O=S(=O)(c1ccc(F)c(Cl)c1)N1CCC2(CC1)NCCCN=C2NC1CCCC1. The zero-order valence-corrected chi connectivity index (χ0v) is 18.0. The summed E-state index contributed by atoms with van der Waals surface area (Å²) in [6.45, 7) is 2.44. The Kier molecular flexibility index (Phi) is 6.16. The monoisotopic (exact) mass is 442 g/mol. The Hall–Kier alpha value is -1.22. The van der Waals surface area contributed by atoms with Crippen molar-refractivity contribution in [3.8, 4) is 0 Å². The maximum absolute atomic E-state index is 13.4. The number of benzene rings is 1. The summed E-state index contributed by atoms with van der Waals surface area (Å²) in [5.74, 6) is 0.383. The van der Waals surface area contributed by atoms with Crippen molar-refractivity contribution in [2.75, 3.05) is 26.2 Å². The van der Waals surface area contributed by atoms with E-state index in [0.29, 0.717) is 32.0 Å². The van der Waals surface area contributed by atoms with Crippen LogP contribution in [0.4, 0.5) is 4.39 Å². The van der Waals surface area contributed by atoms with Gasteiger partial charge in [-0.3, -0.25) is 4.99 Å². The first-order chi connectivity index (χ1) is 13.9. The van der Waals surface area contributed by atoms with Gasteiger partial charge in [0.05, 0.1) is 15.5 Å². The van der Waals surface area contributed by atoms with Crippen LogP contribution in [-0.4, -0.2) is 56.3 Å². The maximum Gasteiger partial charge on any atom is 0.243 e. The second-order valence-electron chi connectivity index (χ2n) is 8.20. The number of hydrogen-bond acceptors (Lipinski definition) is 5. The minimum Gasteiger partial charge on any atom is -0.370 e. The van der Waals surface area contributed by atoms with Crippen LogP contribution in [0.25, 0.3) is 0 Å². The molecule has 2 N–H and O–H groups in total. The zero-order chi connectivity index (χ0) is 20.5. The van der Waals surface area contributed by atoms with Gasteiger partial charge in [-0.15, -0.1) is 0 Å². The molecular weight excluding hydrogens is 415 g/mol. The van der Waals surface area contributed by atoms with Crippen LogP contribution in [0.1, 0.15) is 44.9 Å². The van der Waals surface area contributed by atoms with Gasteiger partial charge >= 0.3 is 0 Å². The highest BCUT2D eigenvalue weighted by Crippen LogP contribution is 2.31. The number of halogens is 2. The maximum atomic E-state index is 13.4. The Morgan fingerprint density at radius 2 is 1.93 bits per heavy atom. The van der Waals surface area contributed by atoms with Crippen LogP contribution in [0.5, 0.6) is 0 Å². The van der Waals surface area contributed by atoms with Gasteiger partial charge in [0.25, 0.3) is 0 Å². The fourth-order valence-electron chi connectivity index (χ4n) is 4.59. The van der Waals surface area contributed by atoms with E-state index < -0.39 is 15.8 Å². The van der Waals surface area contributed by atoms with Gasteiger partial charge in [-0.25, -0.2) is 12.8 Å². The molecule has 0 unspecified atom stereocenters. The first-order valence-electron chi connectivity index (χ1n) is 10.4. The van der Waals surface area contributed by atoms with Crippen molar-refractivity contribution < 1.29 is 12.8 Å². The van der Waals surface area contributed by atoms with E-state index in [4.69, 9.17) is 16.6 Å². The first kappa shape index (κ1) is 21.0. The third-order valence-electron chi connectivity index (χ3n) is 6.32. The minimum atomic E-state index is -3.71. The summed E-state index contributed by atoms with van der Waals surface area (Å²) in [5.41, 5.74) is -0.300. The number of piperidine rings is 1. The molecule has 6 nitrogen and oxygen atoms in total. The van der Waals surface area contributed by atoms with Crippen LogP contribution in [0, 0.1) is 5.82 Å². The van der Waals surface area contributed by atoms with Crippen LogP contribution < -0.4 is 10.6 Å². The van der Waals surface area contributed by atoms with Crippen molar-refractivity contribution in [1.82, 2.24) is 14.9 Å². The van der Waals surface area contributed by atoms with Crippen molar-refractivity contribution in [1.29, 1.82) is 0 Å². The van der Waals surface area contributed by atoms with E-state index in [0.717, 1.165) is 31.4 Å². The quantitative estimate of drug-likeness (QED) is 0.754. The minimum absolute atomic E-state index is 0.0339. The molecule has 1 aliphatic carbocycles. The van der Waals surface area contributed by atoms with Crippen molar-refractivity contribution in [3.63, 3.8) is 0 Å². The van der Waals surface area contributed by atoms with E-state index in [1.54, 1.807) is 0 Å². The summed E-state index contributed by atoms with van der Waals surface area (Å²) in [4.78, 5) is 4.88. The number of amidine groups is 1. The summed E-state index contributed by atoms with van der Waals surface area (Å²) >= 11 is 5.80. The molecule has 2 fully saturated rings. The fourth-order valence-corrected chi connectivity index (χ4v) is 6.30. The summed E-state index contributed by atoms with van der Waals surface area (Å²) in [5, 5.41) is 7.16. The third kappa shape index (κ3) is 4.31. The lowest BCUT2D eigenvalue weighted by molar-refractivity contribution is 0.247. The topological polar surface area (TPSA) is 73.8 Å². The molecule has 1 spiro atoms. The molecule has 1 saturated heterocycles. The van der Waals surface area contributed by atoms with Crippen LogP contribution in [0.15, 0.2) is 28.1 Å². The van der Waals surface area contributed by atoms with Crippen LogP contribution in [0.2, 0.25) is 5.02 Å². The molecule has 160 valence electrons. The Morgan fingerprint density at radius 1 is 1.21 bits per heavy atom. The first-order valence-corrected chi connectivity index (χ1v) is 12.2. The van der Waals surface area contributed by atoms with Gasteiger partial charge in [0.15, 0.2) is 0 Å². The Labute approximate surface area is 177 Å². The molecule has 2 aliphatic heterocycles. The normalized spacial score (nSPS) is 23.7. The van der Waals surface area contributed by atoms with E-state index in [1.165, 1.54) is 42.1 Å². The van der Waals surface area contributed by atoms with Crippen molar-refractivity contribution in [2.45, 2.75) is 61.4 Å². The van der Waals surface area contributed by atoms with Crippen LogP contribution in [0.3, 0.4) is 0 Å². The number of nitrogens with one attached hydrogen (secondary N) is 2. The lowest BCUT2D eigenvalue weighted by atomic mass is 9.86. The van der Waals surface area contributed by atoms with Crippen LogP contribution in [-0.2, 0) is 10.0 Å². The Balaban J connectivity index is 1.50. The molecule has 0 radical (unpaired) electrons. The van der Waals surface area contributed by atoms with Gasteiger partial charge in [-0.2, -0.15) is 4.31 Å². The van der Waals surface area contributed by atoms with E-state index in [2.05, 4.69) is 10.6 Å². The molecule has 0 amide bonds. The summed E-state index contributed by atoms with van der Waals surface area (Å²) in [6, 6.07) is 4.03. The number of hydrogen-bond donors (Lipinski definition) is 2. The van der Waals surface area contributed by atoms with E-state index >= 15 is 0 Å². The van der Waals surface area contributed by atoms with E-state index in [-0.39, 0.29) is 15.5 Å². The number of sulfonamides is 1. The average molecular weight is 443 g/mol. The molecular formula is C20H28ClFN4O2S. The Morgan fingerprint density at radius 3 is 2.62 bits per heavy atom. The van der Waals surface area contributed by atoms with E-state index in [9.17, 15) is 12.8 Å². The van der Waals surface area contributed by atoms with Gasteiger partial charge in [0, 0.05) is 25.7 Å². The van der Waals surface area contributed by atoms with E-state index in [1.807, 2.05) is 0 Å². The number of rotatable bonds is 3.